The van der Waals surface area contributed by atoms with Gasteiger partial charge < -0.3 is 15.5 Å². The Labute approximate surface area is 81.4 Å². The Bertz CT molecular complexity index is 165. The highest BCUT2D eigenvalue weighted by Gasteiger charge is 2.12. The molecule has 13 heavy (non-hydrogen) atoms. The summed E-state index contributed by atoms with van der Waals surface area (Å²) in [6.07, 6.45) is 0. The number of aliphatic imine (C=N–C) groups is 1. The number of hydrogen-bond donors (Lipinski definition) is 1. The summed E-state index contributed by atoms with van der Waals surface area (Å²) in [5, 5.41) is 0. The average Bonchev–Trinajstić information content (AvgIpc) is 2.05. The molecule has 0 atom stereocenters. The Morgan fingerprint density at radius 3 is 2.23 bits per heavy atom. The molecule has 0 aromatic heterocycles. The van der Waals surface area contributed by atoms with E-state index in [0.29, 0.717) is 12.6 Å². The van der Waals surface area contributed by atoms with Crippen LogP contribution in [0.15, 0.2) is 4.99 Å². The van der Waals surface area contributed by atoms with E-state index in [1.54, 1.807) is 7.05 Å². The molecule has 4 nitrogen and oxygen atoms in total. The third-order valence-corrected chi connectivity index (χ3v) is 2.10. The van der Waals surface area contributed by atoms with E-state index >= 15 is 0 Å². The molecule has 0 rings (SSSR count). The Kier molecular flexibility index (Phi) is 5.46. The van der Waals surface area contributed by atoms with E-state index in [2.05, 4.69) is 28.6 Å². The molecule has 0 aromatic rings. The predicted octanol–water partition coefficient (Wildman–Crippen LogP) is 0.203. The molecule has 0 saturated carbocycles. The van der Waals surface area contributed by atoms with Gasteiger partial charge in [0, 0.05) is 40.3 Å². The van der Waals surface area contributed by atoms with Crippen LogP contribution < -0.4 is 5.73 Å². The third kappa shape index (κ3) is 3.63. The van der Waals surface area contributed by atoms with Crippen molar-refractivity contribution >= 4 is 5.96 Å². The lowest BCUT2D eigenvalue weighted by Gasteiger charge is -2.31. The molecular weight excluding hydrogens is 164 g/mol. The number of likely N-dealkylation sites (N-methyl/N-ethyl adjacent to an activating group) is 1. The Morgan fingerprint density at radius 2 is 1.92 bits per heavy atom. The molecule has 0 aromatic carbocycles. The van der Waals surface area contributed by atoms with Gasteiger partial charge in [0.2, 0.25) is 0 Å². The highest BCUT2D eigenvalue weighted by Crippen LogP contribution is 1.99. The first-order chi connectivity index (χ1) is 6.04. The zero-order chi connectivity index (χ0) is 10.4. The van der Waals surface area contributed by atoms with Crippen molar-refractivity contribution in [2.24, 2.45) is 10.7 Å². The first-order valence-electron chi connectivity index (χ1n) is 4.65. The molecule has 0 saturated heterocycles. The van der Waals surface area contributed by atoms with Crippen LogP contribution in [0.5, 0.6) is 0 Å². The van der Waals surface area contributed by atoms with Crippen molar-refractivity contribution in [1.29, 1.82) is 0 Å². The van der Waals surface area contributed by atoms with Gasteiger partial charge >= 0.3 is 0 Å². The van der Waals surface area contributed by atoms with E-state index in [1.165, 1.54) is 0 Å². The molecule has 0 heterocycles. The Hall–Kier alpha value is -0.770. The summed E-state index contributed by atoms with van der Waals surface area (Å²) in [5.41, 5.74) is 5.48. The molecule has 0 fully saturated rings. The van der Waals surface area contributed by atoms with Gasteiger partial charge in [-0.15, -0.1) is 0 Å². The number of nitrogens with two attached hydrogens (primary N) is 1. The quantitative estimate of drug-likeness (QED) is 0.506. The van der Waals surface area contributed by atoms with E-state index in [9.17, 15) is 0 Å². The molecule has 0 aliphatic heterocycles. The van der Waals surface area contributed by atoms with Gasteiger partial charge in [0.15, 0.2) is 5.96 Å². The van der Waals surface area contributed by atoms with Crippen LogP contribution in [0.1, 0.15) is 13.8 Å². The summed E-state index contributed by atoms with van der Waals surface area (Å²) in [6, 6.07) is 0.457. The topological polar surface area (TPSA) is 44.9 Å². The van der Waals surface area contributed by atoms with Gasteiger partial charge in [-0.05, 0) is 13.8 Å². The van der Waals surface area contributed by atoms with Crippen molar-refractivity contribution in [3.05, 3.63) is 0 Å². The summed E-state index contributed by atoms with van der Waals surface area (Å²) in [6.45, 7) is 5.77. The Balaban J connectivity index is 4.34. The predicted molar refractivity (Wildman–Crippen MR) is 57.9 cm³/mol. The minimum absolute atomic E-state index is 0.457. The fourth-order valence-corrected chi connectivity index (χ4v) is 1.12. The second-order valence-corrected chi connectivity index (χ2v) is 3.44. The number of nitrogens with zero attached hydrogens (tertiary/aromatic N) is 3. The molecule has 0 aliphatic carbocycles. The normalized spacial score (nSPS) is 12.1. The second-order valence-electron chi connectivity index (χ2n) is 3.44. The lowest BCUT2D eigenvalue weighted by molar-refractivity contribution is 0.346. The van der Waals surface area contributed by atoms with E-state index in [1.807, 2.05) is 14.1 Å². The monoisotopic (exact) mass is 186 g/mol. The molecule has 0 unspecified atom stereocenters. The van der Waals surface area contributed by atoms with Crippen molar-refractivity contribution in [2.45, 2.75) is 19.9 Å². The lowest BCUT2D eigenvalue weighted by atomic mass is 10.3. The van der Waals surface area contributed by atoms with Gasteiger partial charge in [-0.1, -0.05) is 0 Å². The van der Waals surface area contributed by atoms with Crippen LogP contribution in [-0.4, -0.2) is 56.0 Å². The molecule has 0 radical (unpaired) electrons. The van der Waals surface area contributed by atoms with Crippen LogP contribution in [-0.2, 0) is 0 Å². The standard InChI is InChI=1S/C9H22N4/c1-8(2)13(5)9(11-3)12(4)7-6-10/h8H,6-7,10H2,1-5H3. The first-order valence-corrected chi connectivity index (χ1v) is 4.65. The van der Waals surface area contributed by atoms with Gasteiger partial charge in [-0.2, -0.15) is 0 Å². The molecule has 78 valence electrons. The van der Waals surface area contributed by atoms with E-state index in [-0.39, 0.29) is 0 Å². The van der Waals surface area contributed by atoms with Gasteiger partial charge in [0.25, 0.3) is 0 Å². The van der Waals surface area contributed by atoms with Crippen LogP contribution >= 0.6 is 0 Å². The highest BCUT2D eigenvalue weighted by molar-refractivity contribution is 5.79. The molecule has 0 aliphatic rings. The fourth-order valence-electron chi connectivity index (χ4n) is 1.12. The maximum Gasteiger partial charge on any atom is 0.196 e. The van der Waals surface area contributed by atoms with Crippen LogP contribution in [0.25, 0.3) is 0 Å². The number of guanidine groups is 1. The molecular formula is C9H22N4. The summed E-state index contributed by atoms with van der Waals surface area (Å²) in [5.74, 6) is 0.987. The average molecular weight is 186 g/mol. The smallest absolute Gasteiger partial charge is 0.196 e. The van der Waals surface area contributed by atoms with Crippen molar-refractivity contribution < 1.29 is 0 Å². The molecule has 2 N–H and O–H groups in total. The largest absolute Gasteiger partial charge is 0.345 e. The van der Waals surface area contributed by atoms with E-state index < -0.39 is 0 Å². The molecule has 0 bridgehead atoms. The highest BCUT2D eigenvalue weighted by atomic mass is 15.4. The SMILES string of the molecule is CN=C(N(C)CCN)N(C)C(C)C. The third-order valence-electron chi connectivity index (χ3n) is 2.10. The number of rotatable bonds is 3. The van der Waals surface area contributed by atoms with E-state index in [0.717, 1.165) is 12.5 Å². The van der Waals surface area contributed by atoms with Crippen LogP contribution in [0, 0.1) is 0 Å². The minimum atomic E-state index is 0.457. The van der Waals surface area contributed by atoms with Gasteiger partial charge in [-0.3, -0.25) is 4.99 Å². The maximum atomic E-state index is 5.48. The molecule has 0 spiro atoms. The first kappa shape index (κ1) is 12.2. The minimum Gasteiger partial charge on any atom is -0.345 e. The van der Waals surface area contributed by atoms with E-state index in [4.69, 9.17) is 5.73 Å². The van der Waals surface area contributed by atoms with Gasteiger partial charge in [0.05, 0.1) is 0 Å². The van der Waals surface area contributed by atoms with Gasteiger partial charge in [0.1, 0.15) is 0 Å². The zero-order valence-electron chi connectivity index (χ0n) is 9.41. The molecule has 0 amide bonds. The van der Waals surface area contributed by atoms with Crippen molar-refractivity contribution in [3.63, 3.8) is 0 Å². The lowest BCUT2D eigenvalue weighted by Crippen LogP contribution is -2.45. The summed E-state index contributed by atoms with van der Waals surface area (Å²) < 4.78 is 0. The van der Waals surface area contributed by atoms with Crippen molar-refractivity contribution in [2.75, 3.05) is 34.2 Å². The molecule has 4 heteroatoms. The van der Waals surface area contributed by atoms with Gasteiger partial charge in [-0.25, -0.2) is 0 Å². The Morgan fingerprint density at radius 1 is 1.38 bits per heavy atom. The summed E-state index contributed by atoms with van der Waals surface area (Å²) >= 11 is 0. The summed E-state index contributed by atoms with van der Waals surface area (Å²) in [4.78, 5) is 8.44. The maximum absolute atomic E-state index is 5.48. The summed E-state index contributed by atoms with van der Waals surface area (Å²) in [7, 11) is 5.86. The van der Waals surface area contributed by atoms with Crippen LogP contribution in [0.2, 0.25) is 0 Å². The fraction of sp³-hybridized carbons (Fsp3) is 0.889. The van der Waals surface area contributed by atoms with Crippen LogP contribution in [0.4, 0.5) is 0 Å². The van der Waals surface area contributed by atoms with Crippen molar-refractivity contribution in [1.82, 2.24) is 9.80 Å². The number of hydrogen-bond acceptors (Lipinski definition) is 2. The second kappa shape index (κ2) is 5.80. The van der Waals surface area contributed by atoms with Crippen molar-refractivity contribution in [3.8, 4) is 0 Å². The van der Waals surface area contributed by atoms with Crippen LogP contribution in [0.3, 0.4) is 0 Å². The zero-order valence-corrected chi connectivity index (χ0v) is 9.41.